The van der Waals surface area contributed by atoms with Gasteiger partial charge < -0.3 is 10.6 Å². The first-order chi connectivity index (χ1) is 7.09. The third-order valence-corrected chi connectivity index (χ3v) is 3.45. The van der Waals surface area contributed by atoms with E-state index in [1.807, 2.05) is 12.1 Å². The van der Waals surface area contributed by atoms with Crippen LogP contribution in [0.25, 0.3) is 0 Å². The van der Waals surface area contributed by atoms with Crippen molar-refractivity contribution in [2.75, 3.05) is 17.2 Å². The van der Waals surface area contributed by atoms with E-state index in [0.717, 1.165) is 18.2 Å². The Morgan fingerprint density at radius 2 is 2.13 bits per heavy atom. The summed E-state index contributed by atoms with van der Waals surface area (Å²) in [5.41, 5.74) is 7.79. The van der Waals surface area contributed by atoms with Crippen molar-refractivity contribution in [2.24, 2.45) is 5.92 Å². The maximum Gasteiger partial charge on any atom is 0.0741 e. The zero-order chi connectivity index (χ0) is 11.0. The van der Waals surface area contributed by atoms with Gasteiger partial charge in [0.25, 0.3) is 0 Å². The normalized spacial score (nSPS) is 25.9. The Labute approximate surface area is 96.0 Å². The van der Waals surface area contributed by atoms with Crippen LogP contribution >= 0.6 is 11.6 Å². The smallest absolute Gasteiger partial charge is 0.0741 e. The fourth-order valence-electron chi connectivity index (χ4n) is 2.41. The van der Waals surface area contributed by atoms with Gasteiger partial charge in [-0.15, -0.1) is 0 Å². The first-order valence-corrected chi connectivity index (χ1v) is 5.78. The van der Waals surface area contributed by atoms with Crippen molar-refractivity contribution in [3.05, 3.63) is 23.2 Å². The Bertz CT molecular complexity index is 365. The van der Waals surface area contributed by atoms with Crippen LogP contribution in [0.3, 0.4) is 0 Å². The Kier molecular flexibility index (Phi) is 2.79. The van der Waals surface area contributed by atoms with E-state index in [4.69, 9.17) is 17.3 Å². The number of halogens is 1. The van der Waals surface area contributed by atoms with E-state index in [9.17, 15) is 0 Å². The lowest BCUT2D eigenvalue weighted by Crippen LogP contribution is -2.27. The van der Waals surface area contributed by atoms with E-state index in [2.05, 4.69) is 24.8 Å². The van der Waals surface area contributed by atoms with Crippen molar-refractivity contribution in [1.82, 2.24) is 0 Å². The molecule has 0 saturated carbocycles. The molecule has 82 valence electrons. The van der Waals surface area contributed by atoms with Crippen molar-refractivity contribution >= 4 is 23.0 Å². The Balaban J connectivity index is 2.33. The molecular weight excluding hydrogens is 208 g/mol. The average Bonchev–Trinajstić information content (AvgIpc) is 2.50. The molecule has 1 fully saturated rings. The van der Waals surface area contributed by atoms with Gasteiger partial charge in [-0.3, -0.25) is 0 Å². The standard InChI is InChI=1S/C12H17ClN2/c1-8-6-9(2)15(7-8)11-5-3-4-10(13)12(11)14/h3-5,8-9H,6-7,14H2,1-2H3. The number of benzene rings is 1. The third kappa shape index (κ3) is 1.91. The lowest BCUT2D eigenvalue weighted by atomic mass is 10.1. The fraction of sp³-hybridized carbons (Fsp3) is 0.500. The number of nitrogens with two attached hydrogens (primary N) is 1. The predicted molar refractivity (Wildman–Crippen MR) is 66.5 cm³/mol. The van der Waals surface area contributed by atoms with E-state index < -0.39 is 0 Å². The molecule has 0 amide bonds. The van der Waals surface area contributed by atoms with E-state index in [-0.39, 0.29) is 0 Å². The minimum atomic E-state index is 0.556. The SMILES string of the molecule is CC1CC(C)N(c2cccc(Cl)c2N)C1. The van der Waals surface area contributed by atoms with Gasteiger partial charge in [0, 0.05) is 12.6 Å². The van der Waals surface area contributed by atoms with Crippen LogP contribution in [0, 0.1) is 5.92 Å². The van der Waals surface area contributed by atoms with Crippen molar-refractivity contribution in [3.8, 4) is 0 Å². The number of para-hydroxylation sites is 1. The van der Waals surface area contributed by atoms with Crippen molar-refractivity contribution in [3.63, 3.8) is 0 Å². The molecule has 0 radical (unpaired) electrons. The van der Waals surface area contributed by atoms with Crippen LogP contribution in [0.4, 0.5) is 11.4 Å². The molecule has 2 atom stereocenters. The van der Waals surface area contributed by atoms with Crippen LogP contribution in [0.5, 0.6) is 0 Å². The van der Waals surface area contributed by atoms with E-state index in [1.54, 1.807) is 0 Å². The van der Waals surface area contributed by atoms with Crippen LogP contribution in [0.2, 0.25) is 5.02 Å². The fourth-order valence-corrected chi connectivity index (χ4v) is 2.58. The van der Waals surface area contributed by atoms with Crippen LogP contribution in [0.15, 0.2) is 18.2 Å². The molecule has 1 aliphatic heterocycles. The molecule has 2 N–H and O–H groups in total. The molecule has 1 heterocycles. The number of rotatable bonds is 1. The number of anilines is 2. The molecule has 1 aromatic carbocycles. The second-order valence-corrected chi connectivity index (χ2v) is 4.92. The number of nitrogens with zero attached hydrogens (tertiary/aromatic N) is 1. The average molecular weight is 225 g/mol. The number of nitrogen functional groups attached to an aromatic ring is 1. The minimum Gasteiger partial charge on any atom is -0.396 e. The highest BCUT2D eigenvalue weighted by Crippen LogP contribution is 2.35. The largest absolute Gasteiger partial charge is 0.396 e. The summed E-state index contributed by atoms with van der Waals surface area (Å²) in [5, 5.41) is 0.652. The molecule has 0 aliphatic carbocycles. The second kappa shape index (κ2) is 3.93. The molecular formula is C12H17ClN2. The summed E-state index contributed by atoms with van der Waals surface area (Å²) >= 11 is 6.02. The Morgan fingerprint density at radius 1 is 1.40 bits per heavy atom. The molecule has 1 saturated heterocycles. The Hall–Kier alpha value is -0.890. The van der Waals surface area contributed by atoms with E-state index in [0.29, 0.717) is 16.8 Å². The highest BCUT2D eigenvalue weighted by atomic mass is 35.5. The summed E-state index contributed by atoms with van der Waals surface area (Å²) in [5.74, 6) is 0.735. The highest BCUT2D eigenvalue weighted by Gasteiger charge is 2.27. The van der Waals surface area contributed by atoms with Crippen LogP contribution in [-0.2, 0) is 0 Å². The van der Waals surface area contributed by atoms with Gasteiger partial charge in [0.15, 0.2) is 0 Å². The quantitative estimate of drug-likeness (QED) is 0.743. The molecule has 2 unspecified atom stereocenters. The summed E-state index contributed by atoms with van der Waals surface area (Å²) in [4.78, 5) is 2.35. The lowest BCUT2D eigenvalue weighted by Gasteiger charge is -2.25. The van der Waals surface area contributed by atoms with Gasteiger partial charge in [-0.1, -0.05) is 24.6 Å². The van der Waals surface area contributed by atoms with Crippen LogP contribution in [0.1, 0.15) is 20.3 Å². The van der Waals surface area contributed by atoms with E-state index >= 15 is 0 Å². The summed E-state index contributed by atoms with van der Waals surface area (Å²) in [6.45, 7) is 5.59. The molecule has 0 aromatic heterocycles. The first-order valence-electron chi connectivity index (χ1n) is 5.40. The van der Waals surface area contributed by atoms with Gasteiger partial charge in [0.1, 0.15) is 0 Å². The summed E-state index contributed by atoms with van der Waals surface area (Å²) in [7, 11) is 0. The zero-order valence-electron chi connectivity index (χ0n) is 9.20. The maximum atomic E-state index is 6.02. The lowest BCUT2D eigenvalue weighted by molar-refractivity contribution is 0.625. The summed E-state index contributed by atoms with van der Waals surface area (Å²) in [6.07, 6.45) is 1.23. The van der Waals surface area contributed by atoms with Crippen molar-refractivity contribution in [1.29, 1.82) is 0 Å². The van der Waals surface area contributed by atoms with Crippen LogP contribution < -0.4 is 10.6 Å². The first kappa shape index (κ1) is 10.6. The molecule has 0 spiro atoms. The van der Waals surface area contributed by atoms with Gasteiger partial charge in [-0.2, -0.15) is 0 Å². The monoisotopic (exact) mass is 224 g/mol. The topological polar surface area (TPSA) is 29.3 Å². The van der Waals surface area contributed by atoms with Crippen molar-refractivity contribution < 1.29 is 0 Å². The highest BCUT2D eigenvalue weighted by molar-refractivity contribution is 6.33. The van der Waals surface area contributed by atoms with Gasteiger partial charge >= 0.3 is 0 Å². The van der Waals surface area contributed by atoms with Crippen molar-refractivity contribution in [2.45, 2.75) is 26.3 Å². The number of hydrogen-bond donors (Lipinski definition) is 1. The molecule has 2 rings (SSSR count). The van der Waals surface area contributed by atoms with Gasteiger partial charge in [0.05, 0.1) is 16.4 Å². The van der Waals surface area contributed by atoms with E-state index in [1.165, 1.54) is 6.42 Å². The number of hydrogen-bond acceptors (Lipinski definition) is 2. The maximum absolute atomic E-state index is 6.02. The molecule has 2 nitrogen and oxygen atoms in total. The Morgan fingerprint density at radius 3 is 2.73 bits per heavy atom. The summed E-state index contributed by atoms with van der Waals surface area (Å²) < 4.78 is 0. The van der Waals surface area contributed by atoms with Gasteiger partial charge in [-0.05, 0) is 31.4 Å². The third-order valence-electron chi connectivity index (χ3n) is 3.12. The van der Waals surface area contributed by atoms with Gasteiger partial charge in [0.2, 0.25) is 0 Å². The zero-order valence-corrected chi connectivity index (χ0v) is 9.96. The second-order valence-electron chi connectivity index (χ2n) is 4.51. The van der Waals surface area contributed by atoms with Gasteiger partial charge in [-0.25, -0.2) is 0 Å². The summed E-state index contributed by atoms with van der Waals surface area (Å²) in [6, 6.07) is 6.41. The molecule has 0 bridgehead atoms. The molecule has 15 heavy (non-hydrogen) atoms. The minimum absolute atomic E-state index is 0.556. The molecule has 1 aromatic rings. The predicted octanol–water partition coefficient (Wildman–Crippen LogP) is 3.16. The van der Waals surface area contributed by atoms with Crippen LogP contribution in [-0.4, -0.2) is 12.6 Å². The molecule has 1 aliphatic rings. The molecule has 3 heteroatoms.